The Kier molecular flexibility index (Phi) is 3.84. The number of rotatable bonds is 2. The van der Waals surface area contributed by atoms with Crippen LogP contribution in [0.1, 0.15) is 5.56 Å². The third-order valence-corrected chi connectivity index (χ3v) is 2.97. The van der Waals surface area contributed by atoms with E-state index in [1.807, 2.05) is 0 Å². The lowest BCUT2D eigenvalue weighted by molar-refractivity contribution is -0.136. The SMILES string of the molecule is O=C(O)Cc1c(Cl)c(Cl)nc(Cl)c1Cl. The smallest absolute Gasteiger partial charge is 0.307 e. The fourth-order valence-corrected chi connectivity index (χ4v) is 1.73. The summed E-state index contributed by atoms with van der Waals surface area (Å²) >= 11 is 22.6. The van der Waals surface area contributed by atoms with Crippen LogP contribution in [0.15, 0.2) is 0 Å². The maximum absolute atomic E-state index is 10.5. The Balaban J connectivity index is 3.31. The first-order valence-corrected chi connectivity index (χ1v) is 4.85. The van der Waals surface area contributed by atoms with E-state index in [2.05, 4.69) is 4.98 Å². The van der Waals surface area contributed by atoms with E-state index in [9.17, 15) is 4.79 Å². The number of aromatic nitrogens is 1. The van der Waals surface area contributed by atoms with Crippen molar-refractivity contribution in [1.82, 2.24) is 4.98 Å². The van der Waals surface area contributed by atoms with E-state index in [0.717, 1.165) is 0 Å². The molecule has 3 nitrogen and oxygen atoms in total. The van der Waals surface area contributed by atoms with Crippen molar-refractivity contribution < 1.29 is 9.90 Å². The summed E-state index contributed by atoms with van der Waals surface area (Å²) in [6.45, 7) is 0. The zero-order chi connectivity index (χ0) is 10.9. The van der Waals surface area contributed by atoms with E-state index in [4.69, 9.17) is 51.5 Å². The van der Waals surface area contributed by atoms with Gasteiger partial charge in [0.1, 0.15) is 10.3 Å². The van der Waals surface area contributed by atoms with Gasteiger partial charge in [-0.2, -0.15) is 0 Å². The molecule has 0 radical (unpaired) electrons. The highest BCUT2D eigenvalue weighted by Crippen LogP contribution is 2.34. The maximum atomic E-state index is 10.5. The molecule has 0 fully saturated rings. The average Bonchev–Trinajstić information content (AvgIpc) is 2.09. The molecule has 1 heterocycles. The maximum Gasteiger partial charge on any atom is 0.307 e. The molecule has 0 aliphatic heterocycles. The second kappa shape index (κ2) is 4.53. The summed E-state index contributed by atoms with van der Waals surface area (Å²) in [5.74, 6) is -1.08. The standard InChI is InChI=1S/C7H3Cl4NO2/c8-4-2(1-3(13)14)5(9)7(11)12-6(4)10/h1H2,(H,13,14). The molecule has 0 unspecified atom stereocenters. The largest absolute Gasteiger partial charge is 0.481 e. The quantitative estimate of drug-likeness (QED) is 0.842. The van der Waals surface area contributed by atoms with Gasteiger partial charge < -0.3 is 5.11 Å². The van der Waals surface area contributed by atoms with Gasteiger partial charge in [-0.3, -0.25) is 4.79 Å². The molecule has 1 aromatic heterocycles. The second-order valence-corrected chi connectivity index (χ2v) is 3.84. The van der Waals surface area contributed by atoms with Crippen LogP contribution < -0.4 is 0 Å². The van der Waals surface area contributed by atoms with Crippen molar-refractivity contribution in [3.05, 3.63) is 25.9 Å². The van der Waals surface area contributed by atoms with Crippen molar-refractivity contribution >= 4 is 52.4 Å². The van der Waals surface area contributed by atoms with Crippen LogP contribution in [0.4, 0.5) is 0 Å². The van der Waals surface area contributed by atoms with Crippen LogP contribution in [0.2, 0.25) is 20.4 Å². The number of aliphatic carboxylic acids is 1. The highest BCUT2D eigenvalue weighted by atomic mass is 35.5. The van der Waals surface area contributed by atoms with Crippen LogP contribution >= 0.6 is 46.4 Å². The van der Waals surface area contributed by atoms with E-state index in [1.165, 1.54) is 0 Å². The second-order valence-electron chi connectivity index (χ2n) is 2.37. The van der Waals surface area contributed by atoms with Gasteiger partial charge in [-0.25, -0.2) is 4.98 Å². The number of pyridine rings is 1. The Bertz CT molecular complexity index is 368. The van der Waals surface area contributed by atoms with Gasteiger partial charge in [0, 0.05) is 5.56 Å². The molecule has 1 rings (SSSR count). The molecule has 14 heavy (non-hydrogen) atoms. The number of carbonyl (C=O) groups is 1. The van der Waals surface area contributed by atoms with Gasteiger partial charge in [0.25, 0.3) is 0 Å². The van der Waals surface area contributed by atoms with Crippen molar-refractivity contribution in [3.8, 4) is 0 Å². The summed E-state index contributed by atoms with van der Waals surface area (Å²) in [4.78, 5) is 14.1. The Hall–Kier alpha value is -0.220. The Morgan fingerprint density at radius 3 is 1.93 bits per heavy atom. The van der Waals surface area contributed by atoms with Crippen molar-refractivity contribution in [3.63, 3.8) is 0 Å². The van der Waals surface area contributed by atoms with Crippen molar-refractivity contribution in [2.45, 2.75) is 6.42 Å². The van der Waals surface area contributed by atoms with Gasteiger partial charge in [0.05, 0.1) is 16.5 Å². The van der Waals surface area contributed by atoms with E-state index < -0.39 is 5.97 Å². The molecule has 0 saturated heterocycles. The van der Waals surface area contributed by atoms with Crippen LogP contribution in [0.25, 0.3) is 0 Å². The normalized spacial score (nSPS) is 10.3. The lowest BCUT2D eigenvalue weighted by Crippen LogP contribution is -2.03. The molecule has 1 aromatic rings. The number of carboxylic acid groups (broad SMARTS) is 1. The molecular formula is C7H3Cl4NO2. The van der Waals surface area contributed by atoms with E-state index in [-0.39, 0.29) is 32.3 Å². The molecule has 1 N–H and O–H groups in total. The monoisotopic (exact) mass is 273 g/mol. The molecule has 7 heteroatoms. The summed E-state index contributed by atoms with van der Waals surface area (Å²) in [6.07, 6.45) is -0.348. The van der Waals surface area contributed by atoms with Crippen LogP contribution in [0, 0.1) is 0 Å². The molecule has 0 atom stereocenters. The first kappa shape index (κ1) is 11.9. The highest BCUT2D eigenvalue weighted by Gasteiger charge is 2.17. The van der Waals surface area contributed by atoms with Gasteiger partial charge >= 0.3 is 5.97 Å². The van der Waals surface area contributed by atoms with Crippen LogP contribution in [-0.4, -0.2) is 16.1 Å². The lowest BCUT2D eigenvalue weighted by atomic mass is 10.2. The molecule has 76 valence electrons. The van der Waals surface area contributed by atoms with Crippen LogP contribution in [0.3, 0.4) is 0 Å². The van der Waals surface area contributed by atoms with Gasteiger partial charge in [0.15, 0.2) is 0 Å². The van der Waals surface area contributed by atoms with Gasteiger partial charge in [-0.15, -0.1) is 0 Å². The molecule has 0 amide bonds. The Morgan fingerprint density at radius 2 is 1.57 bits per heavy atom. The van der Waals surface area contributed by atoms with E-state index in [0.29, 0.717) is 0 Å². The predicted octanol–water partition coefficient (Wildman–Crippen LogP) is 3.32. The van der Waals surface area contributed by atoms with Gasteiger partial charge in [0.2, 0.25) is 0 Å². The molecular weight excluding hydrogens is 272 g/mol. The Morgan fingerprint density at radius 1 is 1.14 bits per heavy atom. The number of hydrogen-bond donors (Lipinski definition) is 1. The molecule has 0 saturated carbocycles. The van der Waals surface area contributed by atoms with Crippen LogP contribution in [-0.2, 0) is 11.2 Å². The van der Waals surface area contributed by atoms with Crippen LogP contribution in [0.5, 0.6) is 0 Å². The fraction of sp³-hybridized carbons (Fsp3) is 0.143. The zero-order valence-electron chi connectivity index (χ0n) is 6.52. The third-order valence-electron chi connectivity index (χ3n) is 1.42. The third kappa shape index (κ3) is 2.42. The van der Waals surface area contributed by atoms with Gasteiger partial charge in [-0.05, 0) is 0 Å². The molecule has 0 aromatic carbocycles. The predicted molar refractivity (Wildman–Crippen MR) is 55.6 cm³/mol. The van der Waals surface area contributed by atoms with Crippen molar-refractivity contribution in [2.75, 3.05) is 0 Å². The average molecular weight is 275 g/mol. The molecule has 0 aliphatic carbocycles. The minimum Gasteiger partial charge on any atom is -0.481 e. The first-order chi connectivity index (χ1) is 6.43. The van der Waals surface area contributed by atoms with E-state index >= 15 is 0 Å². The van der Waals surface area contributed by atoms with Gasteiger partial charge in [-0.1, -0.05) is 46.4 Å². The van der Waals surface area contributed by atoms with Crippen molar-refractivity contribution in [1.29, 1.82) is 0 Å². The Labute approximate surface area is 99.5 Å². The molecule has 0 spiro atoms. The topological polar surface area (TPSA) is 50.2 Å². The minimum absolute atomic E-state index is 0.0171. The molecule has 0 aliphatic rings. The fourth-order valence-electron chi connectivity index (χ4n) is 0.836. The summed E-state index contributed by atoms with van der Waals surface area (Å²) in [7, 11) is 0. The van der Waals surface area contributed by atoms with E-state index in [1.54, 1.807) is 0 Å². The zero-order valence-corrected chi connectivity index (χ0v) is 9.55. The minimum atomic E-state index is -1.08. The summed E-state index contributed by atoms with van der Waals surface area (Å²) in [5.41, 5.74) is 0.172. The molecule has 0 bridgehead atoms. The summed E-state index contributed by atoms with van der Waals surface area (Å²) in [6, 6.07) is 0. The first-order valence-electron chi connectivity index (χ1n) is 3.34. The summed E-state index contributed by atoms with van der Waals surface area (Å²) < 4.78 is 0. The number of halogens is 4. The summed E-state index contributed by atoms with van der Waals surface area (Å²) in [5, 5.41) is 8.49. The van der Waals surface area contributed by atoms with Crippen molar-refractivity contribution in [2.24, 2.45) is 0 Å². The number of nitrogens with zero attached hydrogens (tertiary/aromatic N) is 1. The highest BCUT2D eigenvalue weighted by molar-refractivity contribution is 6.46. The number of carboxylic acids is 1. The lowest BCUT2D eigenvalue weighted by Gasteiger charge is -2.06. The number of hydrogen-bond acceptors (Lipinski definition) is 2.